The molecule has 0 spiro atoms. The van der Waals surface area contributed by atoms with Gasteiger partial charge in [-0.2, -0.15) is 0 Å². The Hall–Kier alpha value is -3.59. The molecular formula is C23H24N4O4S. The van der Waals surface area contributed by atoms with Crippen LogP contribution in [0.15, 0.2) is 48.7 Å². The number of fused-ring (bicyclic) bond motifs is 1. The van der Waals surface area contributed by atoms with Crippen LogP contribution >= 0.6 is 12.2 Å². The van der Waals surface area contributed by atoms with Crippen LogP contribution in [0.1, 0.15) is 12.8 Å². The van der Waals surface area contributed by atoms with Crippen LogP contribution in [0.25, 0.3) is 10.9 Å². The number of hydrogen-bond donors (Lipinski definition) is 2. The lowest BCUT2D eigenvalue weighted by Gasteiger charge is -2.17. The third kappa shape index (κ3) is 4.83. The lowest BCUT2D eigenvalue weighted by molar-refractivity contribution is 0.214. The van der Waals surface area contributed by atoms with Gasteiger partial charge in [0.1, 0.15) is 11.5 Å². The second kappa shape index (κ2) is 9.69. The quantitative estimate of drug-likeness (QED) is 0.550. The molecule has 9 heteroatoms. The van der Waals surface area contributed by atoms with Crippen LogP contribution in [0.4, 0.5) is 10.5 Å². The smallest absolute Gasteiger partial charge is 0.323 e. The van der Waals surface area contributed by atoms with Crippen LogP contribution in [0.3, 0.4) is 0 Å². The molecule has 1 aliphatic rings. The topological polar surface area (TPSA) is 85.0 Å². The van der Waals surface area contributed by atoms with E-state index in [2.05, 4.69) is 15.6 Å². The number of nitrogens with one attached hydrogen (secondary N) is 2. The van der Waals surface area contributed by atoms with Crippen LogP contribution in [0.5, 0.6) is 23.0 Å². The molecule has 0 atom stereocenters. The van der Waals surface area contributed by atoms with Crippen LogP contribution in [0, 0.1) is 0 Å². The Morgan fingerprint density at radius 3 is 2.38 bits per heavy atom. The predicted octanol–water partition coefficient (Wildman–Crippen LogP) is 4.55. The predicted molar refractivity (Wildman–Crippen MR) is 127 cm³/mol. The van der Waals surface area contributed by atoms with Crippen molar-refractivity contribution in [2.24, 2.45) is 0 Å². The summed E-state index contributed by atoms with van der Waals surface area (Å²) in [6.07, 6.45) is 3.74. The molecule has 32 heavy (non-hydrogen) atoms. The molecule has 2 aromatic carbocycles. The number of benzene rings is 2. The van der Waals surface area contributed by atoms with Gasteiger partial charge in [0, 0.05) is 36.4 Å². The number of rotatable bonds is 5. The Morgan fingerprint density at radius 2 is 1.69 bits per heavy atom. The number of anilines is 1. The number of methoxy groups -OCH3 is 2. The number of likely N-dealkylation sites (tertiary alicyclic amines) is 1. The van der Waals surface area contributed by atoms with E-state index >= 15 is 0 Å². The highest BCUT2D eigenvalue weighted by atomic mass is 32.1. The van der Waals surface area contributed by atoms with Gasteiger partial charge in [-0.05, 0) is 61.5 Å². The summed E-state index contributed by atoms with van der Waals surface area (Å²) in [5.74, 6) is 2.49. The zero-order valence-corrected chi connectivity index (χ0v) is 18.7. The Bertz CT molecular complexity index is 1130. The summed E-state index contributed by atoms with van der Waals surface area (Å²) < 4.78 is 16.8. The van der Waals surface area contributed by atoms with Crippen molar-refractivity contribution in [2.45, 2.75) is 12.8 Å². The lowest BCUT2D eigenvalue weighted by atomic mass is 10.2. The second-order valence-corrected chi connectivity index (χ2v) is 7.65. The second-order valence-electron chi connectivity index (χ2n) is 7.24. The number of amides is 2. The molecule has 1 saturated heterocycles. The van der Waals surface area contributed by atoms with Crippen molar-refractivity contribution < 1.29 is 19.0 Å². The maximum Gasteiger partial charge on any atom is 0.323 e. The lowest BCUT2D eigenvalue weighted by Crippen LogP contribution is -2.43. The van der Waals surface area contributed by atoms with Crippen molar-refractivity contribution in [1.29, 1.82) is 0 Å². The first kappa shape index (κ1) is 21.6. The number of ether oxygens (including phenoxy) is 3. The maximum absolute atomic E-state index is 12.1. The van der Waals surface area contributed by atoms with E-state index in [-0.39, 0.29) is 11.1 Å². The monoisotopic (exact) mass is 452 g/mol. The van der Waals surface area contributed by atoms with Gasteiger partial charge in [0.2, 0.25) is 0 Å². The summed E-state index contributed by atoms with van der Waals surface area (Å²) in [5.41, 5.74) is 1.48. The Labute approximate surface area is 191 Å². The number of carbonyl (C=O) groups is 1. The first-order valence-electron chi connectivity index (χ1n) is 10.2. The fourth-order valence-corrected chi connectivity index (χ4v) is 3.73. The summed E-state index contributed by atoms with van der Waals surface area (Å²) in [7, 11) is 3.17. The van der Waals surface area contributed by atoms with Gasteiger partial charge in [0.15, 0.2) is 16.6 Å². The fraction of sp³-hybridized carbons (Fsp3) is 0.261. The molecule has 0 bridgehead atoms. The molecule has 0 radical (unpaired) electrons. The number of thiocarbonyl (C=S) groups is 1. The van der Waals surface area contributed by atoms with Crippen LogP contribution in [0.2, 0.25) is 0 Å². The van der Waals surface area contributed by atoms with Crippen LogP contribution in [-0.4, -0.2) is 48.3 Å². The number of pyridine rings is 1. The van der Waals surface area contributed by atoms with Crippen LogP contribution in [-0.2, 0) is 0 Å². The summed E-state index contributed by atoms with van der Waals surface area (Å²) in [6.45, 7) is 1.53. The molecule has 2 N–H and O–H groups in total. The van der Waals surface area contributed by atoms with Gasteiger partial charge in [0.05, 0.1) is 19.7 Å². The van der Waals surface area contributed by atoms with Gasteiger partial charge in [-0.25, -0.2) is 4.79 Å². The number of carbonyl (C=O) groups excluding carboxylic acids is 1. The number of aromatic nitrogens is 1. The van der Waals surface area contributed by atoms with Gasteiger partial charge in [-0.15, -0.1) is 0 Å². The Morgan fingerprint density at radius 1 is 1.00 bits per heavy atom. The molecule has 1 fully saturated rings. The third-order valence-corrected chi connectivity index (χ3v) is 5.36. The van der Waals surface area contributed by atoms with E-state index in [1.807, 2.05) is 36.4 Å². The van der Waals surface area contributed by atoms with E-state index in [9.17, 15) is 4.79 Å². The molecule has 8 nitrogen and oxygen atoms in total. The number of hydrogen-bond acceptors (Lipinski definition) is 6. The van der Waals surface area contributed by atoms with Crippen molar-refractivity contribution >= 4 is 40.0 Å². The highest BCUT2D eigenvalue weighted by molar-refractivity contribution is 7.80. The molecule has 0 saturated carbocycles. The summed E-state index contributed by atoms with van der Waals surface area (Å²) in [6, 6.07) is 12.6. The largest absolute Gasteiger partial charge is 0.493 e. The first-order valence-corrected chi connectivity index (χ1v) is 10.6. The van der Waals surface area contributed by atoms with E-state index in [1.165, 1.54) is 0 Å². The minimum Gasteiger partial charge on any atom is -0.493 e. The van der Waals surface area contributed by atoms with E-state index in [0.717, 1.165) is 42.5 Å². The first-order chi connectivity index (χ1) is 15.6. The molecule has 1 aliphatic heterocycles. The molecule has 4 rings (SSSR count). The highest BCUT2D eigenvalue weighted by Gasteiger charge is 2.18. The van der Waals surface area contributed by atoms with Crippen LogP contribution < -0.4 is 24.8 Å². The normalized spacial score (nSPS) is 13.0. The molecule has 2 heterocycles. The number of nitrogens with zero attached hydrogens (tertiary/aromatic N) is 2. The summed E-state index contributed by atoms with van der Waals surface area (Å²) >= 11 is 5.25. The fourth-order valence-electron chi connectivity index (χ4n) is 3.53. The van der Waals surface area contributed by atoms with Crippen molar-refractivity contribution in [3.63, 3.8) is 0 Å². The zero-order chi connectivity index (χ0) is 22.5. The van der Waals surface area contributed by atoms with Gasteiger partial charge in [-0.1, -0.05) is 0 Å². The molecule has 166 valence electrons. The average molecular weight is 453 g/mol. The third-order valence-electron chi connectivity index (χ3n) is 5.16. The van der Waals surface area contributed by atoms with E-state index in [4.69, 9.17) is 26.4 Å². The van der Waals surface area contributed by atoms with Gasteiger partial charge >= 0.3 is 6.03 Å². The van der Waals surface area contributed by atoms with E-state index < -0.39 is 0 Å². The Kier molecular flexibility index (Phi) is 6.55. The molecular weight excluding hydrogens is 428 g/mol. The summed E-state index contributed by atoms with van der Waals surface area (Å²) in [5, 5.41) is 6.80. The van der Waals surface area contributed by atoms with Gasteiger partial charge < -0.3 is 24.4 Å². The van der Waals surface area contributed by atoms with Crippen molar-refractivity contribution in [3.8, 4) is 23.0 Å². The van der Waals surface area contributed by atoms with Gasteiger partial charge in [-0.3, -0.25) is 10.3 Å². The van der Waals surface area contributed by atoms with Gasteiger partial charge in [0.25, 0.3) is 0 Å². The molecule has 0 unspecified atom stereocenters. The highest BCUT2D eigenvalue weighted by Crippen LogP contribution is 2.36. The zero-order valence-electron chi connectivity index (χ0n) is 17.9. The molecule has 3 aromatic rings. The SMILES string of the molecule is COc1cc2nccc(Oc3ccc(NC(=S)NC(=O)N4CCCC4)cc3)c2cc1OC. The van der Waals surface area contributed by atoms with E-state index in [1.54, 1.807) is 31.4 Å². The summed E-state index contributed by atoms with van der Waals surface area (Å²) in [4.78, 5) is 18.3. The standard InChI is InChI=1S/C23H24N4O4S/c1-29-20-13-17-18(14-21(20)30-2)24-10-9-19(17)31-16-7-5-15(6-8-16)25-22(32)26-23(28)27-11-3-4-12-27/h5-10,13-14H,3-4,11-12H2,1-2H3,(H2,25,26,28,32). The van der Waals surface area contributed by atoms with Crippen molar-refractivity contribution in [3.05, 3.63) is 48.7 Å². The average Bonchev–Trinajstić information content (AvgIpc) is 3.35. The Balaban J connectivity index is 1.44. The van der Waals surface area contributed by atoms with E-state index in [0.29, 0.717) is 23.0 Å². The minimum atomic E-state index is -0.170. The van der Waals surface area contributed by atoms with Crippen molar-refractivity contribution in [2.75, 3.05) is 32.6 Å². The van der Waals surface area contributed by atoms with Crippen molar-refractivity contribution in [1.82, 2.24) is 15.2 Å². The molecule has 1 aromatic heterocycles. The molecule has 0 aliphatic carbocycles. The number of urea groups is 1. The maximum atomic E-state index is 12.1. The minimum absolute atomic E-state index is 0.170. The molecule has 2 amide bonds.